The first-order valence-electron chi connectivity index (χ1n) is 6.46. The van der Waals surface area contributed by atoms with E-state index in [-0.39, 0.29) is 12.0 Å². The standard InChI is InChI=1S/C15H17F2NO3/c1-3-4-8-12(15(20)21)18-14(19)9(2)13-10(16)6-5-7-11(13)17/h3-7,9,12H,8H2,1-2H3,(H,18,19)(H,20,21)/b4-3+. The van der Waals surface area contributed by atoms with Gasteiger partial charge in [0.15, 0.2) is 0 Å². The highest BCUT2D eigenvalue weighted by atomic mass is 19.1. The van der Waals surface area contributed by atoms with Gasteiger partial charge in [-0.2, -0.15) is 0 Å². The number of carboxylic acids is 1. The average molecular weight is 297 g/mol. The quantitative estimate of drug-likeness (QED) is 0.793. The van der Waals surface area contributed by atoms with Crippen molar-refractivity contribution in [2.45, 2.75) is 32.2 Å². The number of amides is 1. The Morgan fingerprint density at radius 2 is 1.90 bits per heavy atom. The molecule has 0 radical (unpaired) electrons. The van der Waals surface area contributed by atoms with Gasteiger partial charge in [0.25, 0.3) is 0 Å². The van der Waals surface area contributed by atoms with E-state index in [0.29, 0.717) is 0 Å². The number of hydrogen-bond donors (Lipinski definition) is 2. The monoisotopic (exact) mass is 297 g/mol. The maximum absolute atomic E-state index is 13.6. The molecule has 2 atom stereocenters. The summed E-state index contributed by atoms with van der Waals surface area (Å²) in [6.45, 7) is 3.05. The minimum Gasteiger partial charge on any atom is -0.480 e. The molecule has 0 saturated heterocycles. The van der Waals surface area contributed by atoms with Gasteiger partial charge >= 0.3 is 5.97 Å². The summed E-state index contributed by atoms with van der Waals surface area (Å²) in [4.78, 5) is 23.0. The van der Waals surface area contributed by atoms with Crippen LogP contribution in [0.4, 0.5) is 8.78 Å². The summed E-state index contributed by atoms with van der Waals surface area (Å²) >= 11 is 0. The fourth-order valence-electron chi connectivity index (χ4n) is 1.85. The molecule has 1 amide bonds. The summed E-state index contributed by atoms with van der Waals surface area (Å²) in [6, 6.07) is 2.17. The maximum atomic E-state index is 13.6. The summed E-state index contributed by atoms with van der Waals surface area (Å²) in [5, 5.41) is 11.3. The van der Waals surface area contributed by atoms with Gasteiger partial charge in [-0.25, -0.2) is 13.6 Å². The van der Waals surface area contributed by atoms with E-state index in [4.69, 9.17) is 5.11 Å². The van der Waals surface area contributed by atoms with Crippen LogP contribution in [0.25, 0.3) is 0 Å². The zero-order valence-electron chi connectivity index (χ0n) is 11.8. The summed E-state index contributed by atoms with van der Waals surface area (Å²) in [7, 11) is 0. The molecule has 4 nitrogen and oxygen atoms in total. The van der Waals surface area contributed by atoms with Crippen molar-refractivity contribution in [3.8, 4) is 0 Å². The third kappa shape index (κ3) is 4.37. The Morgan fingerprint density at radius 1 is 1.33 bits per heavy atom. The topological polar surface area (TPSA) is 66.4 Å². The third-order valence-electron chi connectivity index (χ3n) is 3.05. The smallest absolute Gasteiger partial charge is 0.326 e. The summed E-state index contributed by atoms with van der Waals surface area (Å²) < 4.78 is 27.2. The molecule has 2 unspecified atom stereocenters. The maximum Gasteiger partial charge on any atom is 0.326 e. The highest BCUT2D eigenvalue weighted by Crippen LogP contribution is 2.22. The summed E-state index contributed by atoms with van der Waals surface area (Å²) in [5.41, 5.74) is -0.370. The summed E-state index contributed by atoms with van der Waals surface area (Å²) in [6.07, 6.45) is 3.35. The molecular formula is C15H17F2NO3. The second-order valence-corrected chi connectivity index (χ2v) is 4.56. The lowest BCUT2D eigenvalue weighted by atomic mass is 9.98. The molecule has 6 heteroatoms. The van der Waals surface area contributed by atoms with Gasteiger partial charge in [-0.1, -0.05) is 18.2 Å². The fourth-order valence-corrected chi connectivity index (χ4v) is 1.85. The number of benzene rings is 1. The SMILES string of the molecule is C/C=C/CC(NC(=O)C(C)c1c(F)cccc1F)C(=O)O. The molecule has 1 aromatic rings. The number of rotatable bonds is 6. The minimum absolute atomic E-state index is 0.101. The fraction of sp³-hybridized carbons (Fsp3) is 0.333. The molecule has 0 aromatic heterocycles. The molecule has 1 rings (SSSR count). The number of carbonyl (C=O) groups is 2. The molecule has 1 aromatic carbocycles. The average Bonchev–Trinajstić information content (AvgIpc) is 2.42. The Kier molecular flexibility index (Phi) is 6.02. The van der Waals surface area contributed by atoms with E-state index in [1.165, 1.54) is 13.0 Å². The van der Waals surface area contributed by atoms with Crippen LogP contribution in [-0.2, 0) is 9.59 Å². The van der Waals surface area contributed by atoms with Gasteiger partial charge in [-0.3, -0.25) is 4.79 Å². The lowest BCUT2D eigenvalue weighted by Gasteiger charge is -2.18. The molecule has 0 bridgehead atoms. The first-order valence-corrected chi connectivity index (χ1v) is 6.46. The molecule has 0 aliphatic heterocycles. The van der Waals surface area contributed by atoms with E-state index in [1.54, 1.807) is 19.1 Å². The van der Waals surface area contributed by atoms with Crippen molar-refractivity contribution < 1.29 is 23.5 Å². The zero-order valence-corrected chi connectivity index (χ0v) is 11.8. The van der Waals surface area contributed by atoms with Crippen molar-refractivity contribution in [1.29, 1.82) is 0 Å². The summed E-state index contributed by atoms with van der Waals surface area (Å²) in [5.74, 6) is -4.74. The van der Waals surface area contributed by atoms with Crippen LogP contribution in [0.2, 0.25) is 0 Å². The van der Waals surface area contributed by atoms with Gasteiger partial charge < -0.3 is 10.4 Å². The van der Waals surface area contributed by atoms with E-state index >= 15 is 0 Å². The molecule has 0 heterocycles. The van der Waals surface area contributed by atoms with Gasteiger partial charge in [0.05, 0.1) is 5.92 Å². The van der Waals surface area contributed by atoms with Crippen LogP contribution < -0.4 is 5.32 Å². The number of carboxylic acid groups (broad SMARTS) is 1. The molecule has 114 valence electrons. The van der Waals surface area contributed by atoms with Crippen LogP contribution in [0.15, 0.2) is 30.4 Å². The van der Waals surface area contributed by atoms with Crippen LogP contribution >= 0.6 is 0 Å². The van der Waals surface area contributed by atoms with Gasteiger partial charge in [0.2, 0.25) is 5.91 Å². The Labute approximate surface area is 121 Å². The predicted molar refractivity (Wildman–Crippen MR) is 73.8 cm³/mol. The van der Waals surface area contributed by atoms with E-state index in [9.17, 15) is 18.4 Å². The van der Waals surface area contributed by atoms with E-state index in [1.807, 2.05) is 0 Å². The number of carbonyl (C=O) groups excluding carboxylic acids is 1. The van der Waals surface area contributed by atoms with E-state index in [0.717, 1.165) is 12.1 Å². The Bertz CT molecular complexity index is 538. The number of hydrogen-bond acceptors (Lipinski definition) is 2. The van der Waals surface area contributed by atoms with Crippen LogP contribution in [0.3, 0.4) is 0 Å². The van der Waals surface area contributed by atoms with Crippen molar-refractivity contribution in [1.82, 2.24) is 5.32 Å². The van der Waals surface area contributed by atoms with E-state index < -0.39 is 35.5 Å². The molecule has 0 saturated carbocycles. The number of allylic oxidation sites excluding steroid dienone is 1. The largest absolute Gasteiger partial charge is 0.480 e. The van der Waals surface area contributed by atoms with Gasteiger partial charge in [-0.15, -0.1) is 0 Å². The number of aliphatic carboxylic acids is 1. The molecule has 0 aliphatic carbocycles. The van der Waals surface area contributed by atoms with Crippen molar-refractivity contribution in [3.05, 3.63) is 47.5 Å². The highest BCUT2D eigenvalue weighted by Gasteiger charge is 2.26. The van der Waals surface area contributed by atoms with E-state index in [2.05, 4.69) is 5.32 Å². The minimum atomic E-state index is -1.21. The van der Waals surface area contributed by atoms with Crippen molar-refractivity contribution in [3.63, 3.8) is 0 Å². The van der Waals surface area contributed by atoms with Crippen molar-refractivity contribution >= 4 is 11.9 Å². The normalized spacial score (nSPS) is 13.9. The second kappa shape index (κ2) is 7.52. The Hall–Kier alpha value is -2.24. The Morgan fingerprint density at radius 3 is 2.38 bits per heavy atom. The van der Waals surface area contributed by atoms with Gasteiger partial charge in [-0.05, 0) is 32.4 Å². The Balaban J connectivity index is 2.89. The van der Waals surface area contributed by atoms with Gasteiger partial charge in [0, 0.05) is 5.56 Å². The molecule has 2 N–H and O–H groups in total. The van der Waals surface area contributed by atoms with Crippen LogP contribution in [0, 0.1) is 11.6 Å². The lowest BCUT2D eigenvalue weighted by Crippen LogP contribution is -2.42. The van der Waals surface area contributed by atoms with Crippen LogP contribution in [-0.4, -0.2) is 23.0 Å². The van der Waals surface area contributed by atoms with Crippen molar-refractivity contribution in [2.75, 3.05) is 0 Å². The molecule has 0 aliphatic rings. The lowest BCUT2D eigenvalue weighted by molar-refractivity contribution is -0.141. The number of nitrogens with one attached hydrogen (secondary N) is 1. The predicted octanol–water partition coefficient (Wildman–Crippen LogP) is 2.60. The molecule has 21 heavy (non-hydrogen) atoms. The van der Waals surface area contributed by atoms with Gasteiger partial charge in [0.1, 0.15) is 17.7 Å². The number of halogens is 2. The first-order chi connectivity index (χ1) is 9.88. The first kappa shape index (κ1) is 16.8. The zero-order chi connectivity index (χ0) is 16.0. The third-order valence-corrected chi connectivity index (χ3v) is 3.05. The molecule has 0 spiro atoms. The highest BCUT2D eigenvalue weighted by molar-refractivity contribution is 5.88. The van der Waals surface area contributed by atoms with Crippen molar-refractivity contribution in [2.24, 2.45) is 0 Å². The molecular weight excluding hydrogens is 280 g/mol. The molecule has 0 fully saturated rings. The second-order valence-electron chi connectivity index (χ2n) is 4.56. The van der Waals surface area contributed by atoms with Crippen LogP contribution in [0.5, 0.6) is 0 Å². The van der Waals surface area contributed by atoms with Crippen LogP contribution in [0.1, 0.15) is 31.7 Å².